The van der Waals surface area contributed by atoms with E-state index in [1.165, 1.54) is 16.3 Å². The van der Waals surface area contributed by atoms with Gasteiger partial charge in [0, 0.05) is 5.39 Å². The summed E-state index contributed by atoms with van der Waals surface area (Å²) >= 11 is 1.24. The number of thioether (sulfide) groups is 1. The third-order valence-corrected chi connectivity index (χ3v) is 3.87. The number of ether oxygens (including phenoxy) is 1. The van der Waals surface area contributed by atoms with Crippen LogP contribution >= 0.6 is 11.8 Å². The summed E-state index contributed by atoms with van der Waals surface area (Å²) < 4.78 is 11.9. The highest BCUT2D eigenvalue weighted by Gasteiger charge is 2.16. The van der Waals surface area contributed by atoms with Gasteiger partial charge < -0.3 is 9.15 Å². The number of benzene rings is 1. The Morgan fingerprint density at radius 3 is 2.87 bits per heavy atom. The number of carbonyl (C=O) groups excluding carboxylic acids is 1. The van der Waals surface area contributed by atoms with E-state index in [2.05, 4.69) is 10.2 Å². The molecule has 23 heavy (non-hydrogen) atoms. The lowest BCUT2D eigenvalue weighted by Crippen LogP contribution is -2.28. The fourth-order valence-corrected chi connectivity index (χ4v) is 2.52. The van der Waals surface area contributed by atoms with E-state index >= 15 is 0 Å². The van der Waals surface area contributed by atoms with Crippen LogP contribution in [0.2, 0.25) is 0 Å². The number of fused-ring (bicyclic) bond motifs is 1. The predicted octanol–water partition coefficient (Wildman–Crippen LogP) is 2.23. The van der Waals surface area contributed by atoms with Gasteiger partial charge in [0.05, 0.1) is 0 Å². The van der Waals surface area contributed by atoms with Crippen LogP contribution in [0.5, 0.6) is 0 Å². The van der Waals surface area contributed by atoms with Crippen molar-refractivity contribution in [2.45, 2.75) is 18.8 Å². The van der Waals surface area contributed by atoms with Gasteiger partial charge >= 0.3 is 5.97 Å². The molecule has 0 saturated carbocycles. The van der Waals surface area contributed by atoms with Crippen molar-refractivity contribution in [1.82, 2.24) is 14.8 Å². The summed E-state index contributed by atoms with van der Waals surface area (Å²) in [7, 11) is 0. The second kappa shape index (κ2) is 6.25. The molecule has 118 valence electrons. The molecule has 8 heteroatoms. The number of rotatable bonds is 4. The molecule has 3 aromatic rings. The van der Waals surface area contributed by atoms with Crippen LogP contribution in [0.25, 0.3) is 11.0 Å². The molecule has 0 N–H and O–H groups in total. The van der Waals surface area contributed by atoms with Crippen molar-refractivity contribution >= 4 is 28.7 Å². The third kappa shape index (κ3) is 2.98. The summed E-state index contributed by atoms with van der Waals surface area (Å²) in [6, 6.07) is 8.87. The molecule has 0 aliphatic rings. The standard InChI is InChI=1S/C15H13N3O4S/c1-9-13(19)18(15(23-2)17-16-9)8-21-14(20)12-7-10-5-3-4-6-11(10)22-12/h3-7H,8H2,1-2H3. The van der Waals surface area contributed by atoms with Gasteiger partial charge in [0.25, 0.3) is 5.56 Å². The van der Waals surface area contributed by atoms with E-state index < -0.39 is 5.97 Å². The van der Waals surface area contributed by atoms with E-state index in [9.17, 15) is 9.59 Å². The maximum absolute atomic E-state index is 12.1. The van der Waals surface area contributed by atoms with Gasteiger partial charge in [-0.2, -0.15) is 0 Å². The lowest BCUT2D eigenvalue weighted by Gasteiger charge is -2.09. The van der Waals surface area contributed by atoms with Crippen LogP contribution in [0.1, 0.15) is 16.2 Å². The zero-order valence-corrected chi connectivity index (χ0v) is 13.3. The molecule has 0 radical (unpaired) electrons. The summed E-state index contributed by atoms with van der Waals surface area (Å²) in [4.78, 5) is 24.2. The number of para-hydroxylation sites is 1. The molecule has 0 bridgehead atoms. The van der Waals surface area contributed by atoms with E-state index in [0.717, 1.165) is 5.39 Å². The molecule has 0 saturated heterocycles. The van der Waals surface area contributed by atoms with Gasteiger partial charge in [0.15, 0.2) is 11.9 Å². The van der Waals surface area contributed by atoms with E-state index in [4.69, 9.17) is 9.15 Å². The zero-order valence-electron chi connectivity index (χ0n) is 12.5. The van der Waals surface area contributed by atoms with Crippen LogP contribution in [-0.4, -0.2) is 27.0 Å². The molecule has 1 aromatic carbocycles. The highest BCUT2D eigenvalue weighted by Crippen LogP contribution is 2.19. The molecule has 0 aliphatic carbocycles. The summed E-state index contributed by atoms with van der Waals surface area (Å²) in [5.74, 6) is -0.557. The number of furan rings is 1. The molecule has 0 spiro atoms. The molecule has 2 aromatic heterocycles. The van der Waals surface area contributed by atoms with Crippen LogP contribution < -0.4 is 5.56 Å². The van der Waals surface area contributed by atoms with E-state index in [0.29, 0.717) is 10.7 Å². The minimum atomic E-state index is -0.644. The summed E-state index contributed by atoms with van der Waals surface area (Å²) in [6.07, 6.45) is 1.76. The second-order valence-electron chi connectivity index (χ2n) is 4.71. The van der Waals surface area contributed by atoms with Crippen LogP contribution in [0.15, 0.2) is 44.7 Å². The molecule has 2 heterocycles. The van der Waals surface area contributed by atoms with Crippen molar-refractivity contribution in [1.29, 1.82) is 0 Å². The SMILES string of the molecule is CSc1nnc(C)c(=O)n1COC(=O)c1cc2ccccc2o1. The average molecular weight is 331 g/mol. The Labute approximate surface area is 135 Å². The predicted molar refractivity (Wildman–Crippen MR) is 84.4 cm³/mol. The van der Waals surface area contributed by atoms with Crippen LogP contribution in [0.4, 0.5) is 0 Å². The minimum absolute atomic E-state index is 0.0867. The molecular weight excluding hydrogens is 318 g/mol. The Bertz CT molecular complexity index is 899. The molecule has 7 nitrogen and oxygen atoms in total. The van der Waals surface area contributed by atoms with Crippen molar-refractivity contribution in [2.24, 2.45) is 0 Å². The van der Waals surface area contributed by atoms with Crippen LogP contribution in [0, 0.1) is 6.92 Å². The third-order valence-electron chi connectivity index (χ3n) is 3.21. The molecule has 3 rings (SSSR count). The van der Waals surface area contributed by atoms with E-state index in [1.807, 2.05) is 18.2 Å². The number of aryl methyl sites for hydroxylation is 1. The highest BCUT2D eigenvalue weighted by atomic mass is 32.2. The highest BCUT2D eigenvalue weighted by molar-refractivity contribution is 7.98. The van der Waals surface area contributed by atoms with Crippen LogP contribution in [0.3, 0.4) is 0 Å². The number of aromatic nitrogens is 3. The second-order valence-corrected chi connectivity index (χ2v) is 5.49. The maximum Gasteiger partial charge on any atom is 0.376 e. The van der Waals surface area contributed by atoms with Crippen molar-refractivity contribution in [3.63, 3.8) is 0 Å². The van der Waals surface area contributed by atoms with Crippen molar-refractivity contribution in [3.05, 3.63) is 52.1 Å². The lowest BCUT2D eigenvalue weighted by atomic mass is 10.2. The van der Waals surface area contributed by atoms with Gasteiger partial charge in [-0.15, -0.1) is 10.2 Å². The molecular formula is C15H13N3O4S. The quantitative estimate of drug-likeness (QED) is 0.535. The first-order valence-corrected chi connectivity index (χ1v) is 7.96. The van der Waals surface area contributed by atoms with Gasteiger partial charge in [-0.25, -0.2) is 9.36 Å². The zero-order chi connectivity index (χ0) is 16.4. The normalized spacial score (nSPS) is 10.9. The first-order valence-electron chi connectivity index (χ1n) is 6.74. The van der Waals surface area contributed by atoms with Gasteiger partial charge in [-0.3, -0.25) is 4.79 Å². The monoisotopic (exact) mass is 331 g/mol. The van der Waals surface area contributed by atoms with Crippen LogP contribution in [-0.2, 0) is 11.5 Å². The lowest BCUT2D eigenvalue weighted by molar-refractivity contribution is 0.0311. The number of hydrogen-bond donors (Lipinski definition) is 0. The molecule has 0 aliphatic heterocycles. The smallest absolute Gasteiger partial charge is 0.376 e. The summed E-state index contributed by atoms with van der Waals surface area (Å²) in [5.41, 5.74) is 0.493. The molecule has 0 unspecified atom stereocenters. The van der Waals surface area contributed by atoms with Gasteiger partial charge in [0.1, 0.15) is 11.3 Å². The number of hydrogen-bond acceptors (Lipinski definition) is 7. The Kier molecular flexibility index (Phi) is 4.16. The van der Waals surface area contributed by atoms with Gasteiger partial charge in [0.2, 0.25) is 5.76 Å². The number of esters is 1. The van der Waals surface area contributed by atoms with Gasteiger partial charge in [-0.1, -0.05) is 30.0 Å². The molecule has 0 atom stereocenters. The summed E-state index contributed by atoms with van der Waals surface area (Å²) in [6.45, 7) is 1.30. The van der Waals surface area contributed by atoms with Crippen molar-refractivity contribution in [3.8, 4) is 0 Å². The number of nitrogens with zero attached hydrogens (tertiary/aromatic N) is 3. The Balaban J connectivity index is 1.82. The first kappa shape index (κ1) is 15.3. The Hall–Kier alpha value is -2.61. The van der Waals surface area contributed by atoms with E-state index in [1.54, 1.807) is 25.3 Å². The molecule has 0 amide bonds. The largest absolute Gasteiger partial charge is 0.449 e. The average Bonchev–Trinajstić information content (AvgIpc) is 3.00. The maximum atomic E-state index is 12.1. The fourth-order valence-electron chi connectivity index (χ4n) is 2.04. The Morgan fingerprint density at radius 1 is 1.35 bits per heavy atom. The minimum Gasteiger partial charge on any atom is -0.449 e. The first-order chi connectivity index (χ1) is 11.1. The number of carbonyl (C=O) groups is 1. The van der Waals surface area contributed by atoms with Crippen molar-refractivity contribution in [2.75, 3.05) is 6.26 Å². The summed E-state index contributed by atoms with van der Waals surface area (Å²) in [5, 5.41) is 8.85. The Morgan fingerprint density at radius 2 is 2.13 bits per heavy atom. The van der Waals surface area contributed by atoms with Gasteiger partial charge in [-0.05, 0) is 25.3 Å². The molecule has 0 fully saturated rings. The fraction of sp³-hybridized carbons (Fsp3) is 0.200. The van der Waals surface area contributed by atoms with E-state index in [-0.39, 0.29) is 23.7 Å². The topological polar surface area (TPSA) is 87.2 Å². The van der Waals surface area contributed by atoms with Crippen molar-refractivity contribution < 1.29 is 13.9 Å².